The zero-order chi connectivity index (χ0) is 13.7. The van der Waals surface area contributed by atoms with Crippen molar-refractivity contribution >= 4 is 11.6 Å². The van der Waals surface area contributed by atoms with Crippen LogP contribution >= 0.6 is 0 Å². The van der Waals surface area contributed by atoms with E-state index in [2.05, 4.69) is 10.3 Å². The van der Waals surface area contributed by atoms with Gasteiger partial charge in [0.15, 0.2) is 5.78 Å². The third-order valence-electron chi connectivity index (χ3n) is 2.73. The van der Waals surface area contributed by atoms with Gasteiger partial charge in [-0.3, -0.25) is 4.79 Å². The van der Waals surface area contributed by atoms with E-state index in [-0.39, 0.29) is 5.78 Å². The normalized spacial score (nSPS) is 11.2. The molecule has 3 nitrogen and oxygen atoms in total. The van der Waals surface area contributed by atoms with Gasteiger partial charge in [0.05, 0.1) is 0 Å². The van der Waals surface area contributed by atoms with Crippen LogP contribution in [0.25, 0.3) is 0 Å². The first kappa shape index (κ1) is 13.0. The maximum Gasteiger partial charge on any atom is 0.187 e. The SMILES string of the molecule is C/C(=C\C(=O)c1ccccc1)Nc1ncccc1C. The summed E-state index contributed by atoms with van der Waals surface area (Å²) in [5, 5.41) is 3.14. The minimum atomic E-state index is -0.0146. The van der Waals surface area contributed by atoms with Crippen LogP contribution in [0.3, 0.4) is 0 Å². The monoisotopic (exact) mass is 252 g/mol. The van der Waals surface area contributed by atoms with E-state index in [0.29, 0.717) is 5.56 Å². The van der Waals surface area contributed by atoms with Gasteiger partial charge in [0, 0.05) is 23.5 Å². The molecule has 0 unspecified atom stereocenters. The molecule has 1 heterocycles. The number of rotatable bonds is 4. The van der Waals surface area contributed by atoms with Crippen LogP contribution in [0.2, 0.25) is 0 Å². The smallest absolute Gasteiger partial charge is 0.187 e. The summed E-state index contributed by atoms with van der Waals surface area (Å²) in [6.07, 6.45) is 3.31. The number of benzene rings is 1. The molecule has 19 heavy (non-hydrogen) atoms. The highest BCUT2D eigenvalue weighted by atomic mass is 16.1. The molecule has 0 spiro atoms. The first-order chi connectivity index (χ1) is 9.16. The van der Waals surface area contributed by atoms with Crippen LogP contribution in [0.4, 0.5) is 5.82 Å². The summed E-state index contributed by atoms with van der Waals surface area (Å²) in [6, 6.07) is 13.1. The lowest BCUT2D eigenvalue weighted by molar-refractivity contribution is 0.104. The molecule has 1 aromatic carbocycles. The fourth-order valence-electron chi connectivity index (χ4n) is 1.72. The molecule has 0 saturated carbocycles. The number of ketones is 1. The van der Waals surface area contributed by atoms with Crippen molar-refractivity contribution in [3.05, 3.63) is 71.6 Å². The number of carbonyl (C=O) groups is 1. The average Bonchev–Trinajstić information content (AvgIpc) is 2.42. The summed E-state index contributed by atoms with van der Waals surface area (Å²) >= 11 is 0. The summed E-state index contributed by atoms with van der Waals surface area (Å²) in [4.78, 5) is 16.2. The molecule has 0 aliphatic rings. The molecule has 0 aliphatic carbocycles. The van der Waals surface area contributed by atoms with Crippen molar-refractivity contribution in [3.8, 4) is 0 Å². The summed E-state index contributed by atoms with van der Waals surface area (Å²) in [5.41, 5.74) is 2.50. The summed E-state index contributed by atoms with van der Waals surface area (Å²) in [7, 11) is 0. The quantitative estimate of drug-likeness (QED) is 0.668. The maximum atomic E-state index is 12.0. The molecule has 0 aliphatic heterocycles. The first-order valence-corrected chi connectivity index (χ1v) is 6.13. The molecule has 1 N–H and O–H groups in total. The van der Waals surface area contributed by atoms with E-state index in [1.165, 1.54) is 0 Å². The van der Waals surface area contributed by atoms with Gasteiger partial charge < -0.3 is 5.32 Å². The second-order valence-corrected chi connectivity index (χ2v) is 4.35. The number of allylic oxidation sites excluding steroid dienone is 2. The zero-order valence-corrected chi connectivity index (χ0v) is 11.1. The molecular weight excluding hydrogens is 236 g/mol. The molecule has 1 aromatic heterocycles. The van der Waals surface area contributed by atoms with Crippen molar-refractivity contribution in [2.24, 2.45) is 0 Å². The summed E-state index contributed by atoms with van der Waals surface area (Å²) in [5.74, 6) is 0.760. The Labute approximate surface area is 113 Å². The van der Waals surface area contributed by atoms with Crippen LogP contribution in [0, 0.1) is 6.92 Å². The number of aryl methyl sites for hydroxylation is 1. The Morgan fingerprint density at radius 1 is 1.16 bits per heavy atom. The third-order valence-corrected chi connectivity index (χ3v) is 2.73. The molecule has 2 rings (SSSR count). The molecule has 3 heteroatoms. The molecular formula is C16H16N2O. The standard InChI is InChI=1S/C16H16N2O/c1-12-7-6-10-17-16(12)18-13(2)11-15(19)14-8-4-3-5-9-14/h3-11H,1-2H3,(H,17,18)/b13-11+. The number of carbonyl (C=O) groups excluding carboxylic acids is 1. The van der Waals surface area contributed by atoms with E-state index < -0.39 is 0 Å². The Bertz CT molecular complexity index is 603. The Morgan fingerprint density at radius 2 is 1.89 bits per heavy atom. The summed E-state index contributed by atoms with van der Waals surface area (Å²) < 4.78 is 0. The van der Waals surface area contributed by atoms with Crippen molar-refractivity contribution in [2.75, 3.05) is 5.32 Å². The van der Waals surface area contributed by atoms with Gasteiger partial charge in [0.2, 0.25) is 0 Å². The number of nitrogens with one attached hydrogen (secondary N) is 1. The predicted molar refractivity (Wildman–Crippen MR) is 77.1 cm³/mol. The number of aromatic nitrogens is 1. The second kappa shape index (κ2) is 5.96. The van der Waals surface area contributed by atoms with E-state index in [4.69, 9.17) is 0 Å². The number of anilines is 1. The van der Waals surface area contributed by atoms with Gasteiger partial charge in [-0.1, -0.05) is 36.4 Å². The molecule has 0 radical (unpaired) electrons. The fraction of sp³-hybridized carbons (Fsp3) is 0.125. The highest BCUT2D eigenvalue weighted by Crippen LogP contribution is 2.12. The van der Waals surface area contributed by atoms with Gasteiger partial charge in [-0.05, 0) is 25.5 Å². The van der Waals surface area contributed by atoms with Gasteiger partial charge in [-0.2, -0.15) is 0 Å². The largest absolute Gasteiger partial charge is 0.344 e. The third kappa shape index (κ3) is 3.52. The molecule has 0 bridgehead atoms. The molecule has 0 amide bonds. The van der Waals surface area contributed by atoms with Crippen molar-refractivity contribution < 1.29 is 4.79 Å². The lowest BCUT2D eigenvalue weighted by atomic mass is 10.1. The Morgan fingerprint density at radius 3 is 2.58 bits per heavy atom. The predicted octanol–water partition coefficient (Wildman–Crippen LogP) is 3.59. The van der Waals surface area contributed by atoms with Crippen molar-refractivity contribution in [2.45, 2.75) is 13.8 Å². The number of pyridine rings is 1. The lowest BCUT2D eigenvalue weighted by Crippen LogP contribution is -2.03. The van der Waals surface area contributed by atoms with Crippen molar-refractivity contribution in [1.82, 2.24) is 4.98 Å². The van der Waals surface area contributed by atoms with Crippen LogP contribution in [0.5, 0.6) is 0 Å². The first-order valence-electron chi connectivity index (χ1n) is 6.13. The average molecular weight is 252 g/mol. The topological polar surface area (TPSA) is 42.0 Å². The molecule has 2 aromatic rings. The molecule has 0 atom stereocenters. The van der Waals surface area contributed by atoms with Gasteiger partial charge in [-0.15, -0.1) is 0 Å². The van der Waals surface area contributed by atoms with Crippen molar-refractivity contribution in [1.29, 1.82) is 0 Å². The molecule has 96 valence electrons. The highest BCUT2D eigenvalue weighted by Gasteiger charge is 2.03. The van der Waals surface area contributed by atoms with E-state index in [9.17, 15) is 4.79 Å². The number of hydrogen-bond acceptors (Lipinski definition) is 3. The minimum absolute atomic E-state index is 0.0146. The van der Waals surface area contributed by atoms with Gasteiger partial charge >= 0.3 is 0 Å². The van der Waals surface area contributed by atoms with Crippen LogP contribution < -0.4 is 5.32 Å². The Balaban J connectivity index is 2.12. The maximum absolute atomic E-state index is 12.0. The summed E-state index contributed by atoms with van der Waals surface area (Å²) in [6.45, 7) is 3.83. The van der Waals surface area contributed by atoms with Gasteiger partial charge in [0.1, 0.15) is 5.82 Å². The van der Waals surface area contributed by atoms with Crippen LogP contribution in [0.15, 0.2) is 60.4 Å². The Hall–Kier alpha value is -2.42. The molecule has 0 saturated heterocycles. The van der Waals surface area contributed by atoms with Crippen molar-refractivity contribution in [3.63, 3.8) is 0 Å². The van der Waals surface area contributed by atoms with Gasteiger partial charge in [-0.25, -0.2) is 4.98 Å². The number of nitrogens with zero attached hydrogens (tertiary/aromatic N) is 1. The lowest BCUT2D eigenvalue weighted by Gasteiger charge is -2.07. The van der Waals surface area contributed by atoms with Crippen LogP contribution in [-0.2, 0) is 0 Å². The van der Waals surface area contributed by atoms with Gasteiger partial charge in [0.25, 0.3) is 0 Å². The molecule has 0 fully saturated rings. The zero-order valence-electron chi connectivity index (χ0n) is 11.1. The minimum Gasteiger partial charge on any atom is -0.344 e. The van der Waals surface area contributed by atoms with E-state index in [0.717, 1.165) is 17.1 Å². The van der Waals surface area contributed by atoms with Crippen LogP contribution in [-0.4, -0.2) is 10.8 Å². The van der Waals surface area contributed by atoms with E-state index in [1.807, 2.05) is 44.2 Å². The number of hydrogen-bond donors (Lipinski definition) is 1. The Kier molecular flexibility index (Phi) is 4.08. The van der Waals surface area contributed by atoms with E-state index >= 15 is 0 Å². The highest BCUT2D eigenvalue weighted by molar-refractivity contribution is 6.05. The fourth-order valence-corrected chi connectivity index (χ4v) is 1.72. The van der Waals surface area contributed by atoms with E-state index in [1.54, 1.807) is 24.4 Å². The second-order valence-electron chi connectivity index (χ2n) is 4.35. The van der Waals surface area contributed by atoms with Crippen LogP contribution in [0.1, 0.15) is 22.8 Å².